The van der Waals surface area contributed by atoms with Crippen LogP contribution in [0.15, 0.2) is 23.2 Å². The number of benzene rings is 1. The van der Waals surface area contributed by atoms with E-state index in [0.29, 0.717) is 23.3 Å². The SMILES string of the molecule is COc1ccc(NC(N)=NCC2(CO)CC2)cc1Cl. The van der Waals surface area contributed by atoms with Crippen molar-refractivity contribution in [3.8, 4) is 5.75 Å². The largest absolute Gasteiger partial charge is 0.495 e. The summed E-state index contributed by atoms with van der Waals surface area (Å²) < 4.78 is 5.07. The summed E-state index contributed by atoms with van der Waals surface area (Å²) in [4.78, 5) is 4.25. The van der Waals surface area contributed by atoms with Gasteiger partial charge in [-0.2, -0.15) is 0 Å². The number of aliphatic hydroxyl groups is 1. The molecule has 0 unspecified atom stereocenters. The lowest BCUT2D eigenvalue weighted by atomic mass is 10.1. The highest BCUT2D eigenvalue weighted by Gasteiger charge is 2.41. The van der Waals surface area contributed by atoms with Gasteiger partial charge in [-0.1, -0.05) is 11.6 Å². The van der Waals surface area contributed by atoms with E-state index in [0.717, 1.165) is 18.5 Å². The first-order valence-electron chi connectivity index (χ1n) is 6.10. The minimum Gasteiger partial charge on any atom is -0.495 e. The Bertz CT molecular complexity index is 487. The Hall–Kier alpha value is -1.46. The second-order valence-electron chi connectivity index (χ2n) is 4.83. The van der Waals surface area contributed by atoms with Crippen molar-refractivity contribution in [1.29, 1.82) is 0 Å². The lowest BCUT2D eigenvalue weighted by Crippen LogP contribution is -2.24. The minimum absolute atomic E-state index is 0.0378. The highest BCUT2D eigenvalue weighted by molar-refractivity contribution is 6.32. The zero-order valence-corrected chi connectivity index (χ0v) is 11.6. The summed E-state index contributed by atoms with van der Waals surface area (Å²) in [6.07, 6.45) is 2.02. The predicted octanol–water partition coefficient (Wildman–Crippen LogP) is 1.85. The fourth-order valence-electron chi connectivity index (χ4n) is 1.73. The van der Waals surface area contributed by atoms with Crippen LogP contribution in [0.2, 0.25) is 5.02 Å². The first-order chi connectivity index (χ1) is 9.08. The number of halogens is 1. The quantitative estimate of drug-likeness (QED) is 0.569. The number of anilines is 1. The van der Waals surface area contributed by atoms with Gasteiger partial charge in [0.15, 0.2) is 5.96 Å². The molecule has 2 rings (SSSR count). The van der Waals surface area contributed by atoms with E-state index < -0.39 is 0 Å². The summed E-state index contributed by atoms with van der Waals surface area (Å²) in [5, 5.41) is 12.7. The van der Waals surface area contributed by atoms with Gasteiger partial charge < -0.3 is 20.9 Å². The number of hydrogen-bond donors (Lipinski definition) is 3. The van der Waals surface area contributed by atoms with Crippen molar-refractivity contribution in [1.82, 2.24) is 0 Å². The molecule has 1 aromatic rings. The average molecular weight is 284 g/mol. The van der Waals surface area contributed by atoms with E-state index in [2.05, 4.69) is 10.3 Å². The van der Waals surface area contributed by atoms with E-state index in [-0.39, 0.29) is 12.0 Å². The Kier molecular flexibility index (Phi) is 4.17. The lowest BCUT2D eigenvalue weighted by molar-refractivity contribution is 0.217. The van der Waals surface area contributed by atoms with Gasteiger partial charge in [-0.3, -0.25) is 4.99 Å². The van der Waals surface area contributed by atoms with E-state index in [4.69, 9.17) is 22.1 Å². The maximum atomic E-state index is 9.19. The predicted molar refractivity (Wildman–Crippen MR) is 76.9 cm³/mol. The zero-order valence-electron chi connectivity index (χ0n) is 10.8. The van der Waals surface area contributed by atoms with Crippen LogP contribution in [-0.2, 0) is 0 Å². The van der Waals surface area contributed by atoms with Crippen molar-refractivity contribution >= 4 is 23.2 Å². The van der Waals surface area contributed by atoms with Crippen molar-refractivity contribution in [2.45, 2.75) is 12.8 Å². The van der Waals surface area contributed by atoms with Gasteiger partial charge in [0, 0.05) is 11.1 Å². The Balaban J connectivity index is 1.96. The van der Waals surface area contributed by atoms with Crippen molar-refractivity contribution in [3.05, 3.63) is 23.2 Å². The monoisotopic (exact) mass is 283 g/mol. The lowest BCUT2D eigenvalue weighted by Gasteiger charge is -2.10. The van der Waals surface area contributed by atoms with Crippen LogP contribution >= 0.6 is 11.6 Å². The fourth-order valence-corrected chi connectivity index (χ4v) is 1.99. The van der Waals surface area contributed by atoms with Gasteiger partial charge in [0.1, 0.15) is 5.75 Å². The van der Waals surface area contributed by atoms with Gasteiger partial charge in [0.2, 0.25) is 0 Å². The summed E-state index contributed by atoms with van der Waals surface area (Å²) in [6, 6.07) is 5.29. The summed E-state index contributed by atoms with van der Waals surface area (Å²) in [5.41, 5.74) is 6.51. The third-order valence-electron chi connectivity index (χ3n) is 3.30. The van der Waals surface area contributed by atoms with Crippen molar-refractivity contribution < 1.29 is 9.84 Å². The molecule has 4 N–H and O–H groups in total. The van der Waals surface area contributed by atoms with Crippen LogP contribution in [0.4, 0.5) is 5.69 Å². The number of ether oxygens (including phenoxy) is 1. The molecule has 6 heteroatoms. The van der Waals surface area contributed by atoms with Crippen LogP contribution in [0.5, 0.6) is 5.75 Å². The minimum atomic E-state index is -0.0378. The van der Waals surface area contributed by atoms with E-state index in [9.17, 15) is 5.11 Å². The van der Waals surface area contributed by atoms with Crippen molar-refractivity contribution in [2.24, 2.45) is 16.1 Å². The molecule has 0 amide bonds. The molecule has 0 aromatic heterocycles. The molecule has 1 saturated carbocycles. The fraction of sp³-hybridized carbons (Fsp3) is 0.462. The summed E-state index contributed by atoms with van der Waals surface area (Å²) in [7, 11) is 1.56. The Morgan fingerprint density at radius 3 is 2.84 bits per heavy atom. The molecular formula is C13H18ClN3O2. The van der Waals surface area contributed by atoms with Crippen LogP contribution in [0.1, 0.15) is 12.8 Å². The molecule has 0 aliphatic heterocycles. The molecule has 0 spiro atoms. The van der Waals surface area contributed by atoms with E-state index in [1.807, 2.05) is 6.07 Å². The normalized spacial score (nSPS) is 17.1. The smallest absolute Gasteiger partial charge is 0.193 e. The summed E-state index contributed by atoms with van der Waals surface area (Å²) in [5.74, 6) is 0.931. The maximum Gasteiger partial charge on any atom is 0.193 e. The molecule has 1 aromatic carbocycles. The second-order valence-corrected chi connectivity index (χ2v) is 5.24. The number of guanidine groups is 1. The molecule has 0 bridgehead atoms. The molecule has 0 saturated heterocycles. The molecule has 1 aliphatic rings. The molecular weight excluding hydrogens is 266 g/mol. The van der Waals surface area contributed by atoms with Gasteiger partial charge >= 0.3 is 0 Å². The number of nitrogens with two attached hydrogens (primary N) is 1. The molecule has 104 valence electrons. The molecule has 1 aliphatic carbocycles. The van der Waals surface area contributed by atoms with Gasteiger partial charge in [-0.15, -0.1) is 0 Å². The average Bonchev–Trinajstić information content (AvgIpc) is 3.17. The van der Waals surface area contributed by atoms with Gasteiger partial charge in [-0.25, -0.2) is 0 Å². The van der Waals surface area contributed by atoms with Crippen LogP contribution in [-0.4, -0.2) is 31.3 Å². The third kappa shape index (κ3) is 3.52. The highest BCUT2D eigenvalue weighted by Crippen LogP contribution is 2.45. The van der Waals surface area contributed by atoms with E-state index in [1.165, 1.54) is 0 Å². The number of methoxy groups -OCH3 is 1. The number of rotatable bonds is 5. The van der Waals surface area contributed by atoms with Crippen LogP contribution < -0.4 is 15.8 Å². The number of hydrogen-bond acceptors (Lipinski definition) is 3. The Labute approximate surface area is 117 Å². The number of nitrogens with zero attached hydrogens (tertiary/aromatic N) is 1. The first-order valence-corrected chi connectivity index (χ1v) is 6.48. The van der Waals surface area contributed by atoms with Gasteiger partial charge in [-0.05, 0) is 31.0 Å². The van der Waals surface area contributed by atoms with Crippen molar-refractivity contribution in [3.63, 3.8) is 0 Å². The van der Waals surface area contributed by atoms with E-state index in [1.54, 1.807) is 19.2 Å². The summed E-state index contributed by atoms with van der Waals surface area (Å²) in [6.45, 7) is 0.713. The number of aliphatic hydroxyl groups excluding tert-OH is 1. The van der Waals surface area contributed by atoms with Gasteiger partial charge in [0.05, 0.1) is 25.3 Å². The van der Waals surface area contributed by atoms with Crippen LogP contribution in [0, 0.1) is 5.41 Å². The molecule has 5 nitrogen and oxygen atoms in total. The zero-order chi connectivity index (χ0) is 13.9. The first kappa shape index (κ1) is 14.0. The van der Waals surface area contributed by atoms with Crippen LogP contribution in [0.25, 0.3) is 0 Å². The number of aliphatic imine (C=N–C) groups is 1. The molecule has 19 heavy (non-hydrogen) atoms. The standard InChI is InChI=1S/C13H18ClN3O2/c1-19-11-3-2-9(6-10(11)14)17-12(15)16-7-13(8-18)4-5-13/h2-3,6,18H,4-5,7-8H2,1H3,(H3,15,16,17). The Morgan fingerprint density at radius 1 is 1.58 bits per heavy atom. The van der Waals surface area contributed by atoms with Gasteiger partial charge in [0.25, 0.3) is 0 Å². The maximum absolute atomic E-state index is 9.19. The van der Waals surface area contributed by atoms with Crippen molar-refractivity contribution in [2.75, 3.05) is 25.6 Å². The molecule has 0 heterocycles. The van der Waals surface area contributed by atoms with E-state index >= 15 is 0 Å². The van der Waals surface area contributed by atoms with Crippen LogP contribution in [0.3, 0.4) is 0 Å². The topological polar surface area (TPSA) is 79.9 Å². The molecule has 0 radical (unpaired) electrons. The highest BCUT2D eigenvalue weighted by atomic mass is 35.5. The Morgan fingerprint density at radius 2 is 2.32 bits per heavy atom. The molecule has 1 fully saturated rings. The number of nitrogens with one attached hydrogen (secondary N) is 1. The second kappa shape index (κ2) is 5.67. The molecule has 0 atom stereocenters. The third-order valence-corrected chi connectivity index (χ3v) is 3.60. The summed E-state index contributed by atoms with van der Waals surface area (Å²) >= 11 is 6.02.